The van der Waals surface area contributed by atoms with E-state index < -0.39 is 0 Å². The molecule has 1 saturated heterocycles. The summed E-state index contributed by atoms with van der Waals surface area (Å²) < 4.78 is 12.7. The number of piperidine rings is 1. The number of unbranched alkanes of at least 4 members (excludes halogenated alkanes) is 2. The Morgan fingerprint density at radius 3 is 2.68 bits per heavy atom. The number of hydrogen-bond donors (Lipinski definition) is 0. The molecule has 1 aromatic rings. The molecule has 1 aromatic carbocycles. The van der Waals surface area contributed by atoms with E-state index in [-0.39, 0.29) is 24.0 Å². The van der Waals surface area contributed by atoms with Crippen LogP contribution in [0.1, 0.15) is 109 Å². The number of carbonyl (C=O) groups excluding carboxylic acids is 1. The van der Waals surface area contributed by atoms with Crippen LogP contribution in [0.4, 0.5) is 0 Å². The van der Waals surface area contributed by atoms with Gasteiger partial charge in [-0.25, -0.2) is 0 Å². The average Bonchev–Trinajstić information content (AvgIpc) is 3.34. The number of likely N-dealkylation sites (tertiary alicyclic amines) is 1. The molecule has 208 valence electrons. The van der Waals surface area contributed by atoms with Crippen molar-refractivity contribution in [3.05, 3.63) is 28.2 Å². The Bertz CT molecular complexity index is 939. The number of rotatable bonds is 12. The van der Waals surface area contributed by atoms with Gasteiger partial charge in [-0.15, -0.1) is 24.2 Å². The smallest absolute Gasteiger partial charge is 0.311 e. The molecular formula is C31H48ClNO3S. The highest BCUT2D eigenvalue weighted by molar-refractivity contribution is 8.03. The quantitative estimate of drug-likeness (QED) is 0.148. The number of halogens is 1. The lowest BCUT2D eigenvalue weighted by Crippen LogP contribution is -2.33. The van der Waals surface area contributed by atoms with Gasteiger partial charge in [0.05, 0.1) is 5.56 Å². The molecule has 0 N–H and O–H groups in total. The molecule has 0 amide bonds. The van der Waals surface area contributed by atoms with Gasteiger partial charge >= 0.3 is 5.97 Å². The Kier molecular flexibility index (Phi) is 11.7. The number of carbonyl (C=O) groups is 1. The van der Waals surface area contributed by atoms with E-state index in [1.54, 1.807) is 0 Å². The van der Waals surface area contributed by atoms with Crippen LogP contribution < -0.4 is 9.47 Å². The zero-order chi connectivity index (χ0) is 25.5. The standard InChI is InChI=1S/C31H47NO3S.ClH/c1-5-6-8-12-23(2)14-15-24-21-26(34-28(33)13-11-19-32-17-9-7-10-18-32)29-25-16-20-36-30(25)31(3,4)35-27(29)22-24;/h21-23H,5-20H2,1-4H3;1H. The van der Waals surface area contributed by atoms with E-state index in [0.29, 0.717) is 12.3 Å². The van der Waals surface area contributed by atoms with Gasteiger partial charge in [-0.3, -0.25) is 4.79 Å². The lowest BCUT2D eigenvalue weighted by Gasteiger charge is -2.35. The highest BCUT2D eigenvalue weighted by Gasteiger charge is 2.39. The Hall–Kier alpha value is -1.17. The second-order valence-corrected chi connectivity index (χ2v) is 12.7. The van der Waals surface area contributed by atoms with Gasteiger partial charge in [-0.1, -0.05) is 46.0 Å². The van der Waals surface area contributed by atoms with E-state index in [0.717, 1.165) is 55.0 Å². The summed E-state index contributed by atoms with van der Waals surface area (Å²) in [4.78, 5) is 16.8. The van der Waals surface area contributed by atoms with Crippen molar-refractivity contribution in [3.8, 4) is 11.5 Å². The normalized spacial score (nSPS) is 19.5. The fraction of sp³-hybridized carbons (Fsp3) is 0.710. The Morgan fingerprint density at radius 1 is 1.14 bits per heavy atom. The van der Waals surface area contributed by atoms with Crippen LogP contribution >= 0.6 is 24.2 Å². The third-order valence-electron chi connectivity index (χ3n) is 7.97. The minimum Gasteiger partial charge on any atom is -0.482 e. The first kappa shape index (κ1) is 30.4. The van der Waals surface area contributed by atoms with Crippen LogP contribution in [-0.2, 0) is 11.2 Å². The highest BCUT2D eigenvalue weighted by Crippen LogP contribution is 2.54. The predicted molar refractivity (Wildman–Crippen MR) is 159 cm³/mol. The van der Waals surface area contributed by atoms with Crippen molar-refractivity contribution >= 4 is 35.7 Å². The van der Waals surface area contributed by atoms with Crippen LogP contribution in [-0.4, -0.2) is 41.9 Å². The average molecular weight is 550 g/mol. The molecule has 6 heteroatoms. The number of nitrogens with zero attached hydrogens (tertiary/aromatic N) is 1. The first-order valence-electron chi connectivity index (χ1n) is 14.5. The van der Waals surface area contributed by atoms with Crippen LogP contribution in [0, 0.1) is 5.92 Å². The monoisotopic (exact) mass is 549 g/mol. The van der Waals surface area contributed by atoms with Crippen molar-refractivity contribution in [2.24, 2.45) is 5.92 Å². The van der Waals surface area contributed by atoms with Crippen molar-refractivity contribution in [1.82, 2.24) is 4.90 Å². The van der Waals surface area contributed by atoms with Crippen LogP contribution in [0.5, 0.6) is 11.5 Å². The summed E-state index contributed by atoms with van der Waals surface area (Å²) >= 11 is 1.89. The van der Waals surface area contributed by atoms with E-state index >= 15 is 0 Å². The van der Waals surface area contributed by atoms with Crippen molar-refractivity contribution in [1.29, 1.82) is 0 Å². The molecule has 4 rings (SSSR count). The first-order valence-corrected chi connectivity index (χ1v) is 15.5. The minimum absolute atomic E-state index is 0. The fourth-order valence-electron chi connectivity index (χ4n) is 5.90. The Labute approximate surface area is 235 Å². The number of benzene rings is 1. The molecule has 0 spiro atoms. The largest absolute Gasteiger partial charge is 0.482 e. The summed E-state index contributed by atoms with van der Waals surface area (Å²) in [6.45, 7) is 12.3. The number of thioether (sulfide) groups is 1. The predicted octanol–water partition coefficient (Wildman–Crippen LogP) is 8.45. The van der Waals surface area contributed by atoms with Crippen molar-refractivity contribution < 1.29 is 14.3 Å². The van der Waals surface area contributed by atoms with Crippen LogP contribution in [0.25, 0.3) is 5.57 Å². The van der Waals surface area contributed by atoms with E-state index in [1.165, 1.54) is 74.1 Å². The third-order valence-corrected chi connectivity index (χ3v) is 9.40. The maximum Gasteiger partial charge on any atom is 0.311 e. The molecule has 1 atom stereocenters. The maximum atomic E-state index is 13.0. The zero-order valence-corrected chi connectivity index (χ0v) is 25.2. The lowest BCUT2D eigenvalue weighted by molar-refractivity contribution is -0.134. The molecule has 3 aliphatic rings. The van der Waals surface area contributed by atoms with Crippen LogP contribution in [0.2, 0.25) is 0 Å². The summed E-state index contributed by atoms with van der Waals surface area (Å²) in [6.07, 6.45) is 13.6. The van der Waals surface area contributed by atoms with E-state index in [9.17, 15) is 4.79 Å². The molecule has 0 bridgehead atoms. The van der Waals surface area contributed by atoms with Gasteiger partial charge in [0.1, 0.15) is 17.1 Å². The van der Waals surface area contributed by atoms with Crippen molar-refractivity contribution in [3.63, 3.8) is 0 Å². The van der Waals surface area contributed by atoms with Gasteiger partial charge in [-0.05, 0) is 101 Å². The molecule has 0 radical (unpaired) electrons. The summed E-state index contributed by atoms with van der Waals surface area (Å²) in [5.41, 5.74) is 3.24. The summed E-state index contributed by atoms with van der Waals surface area (Å²) in [6, 6.07) is 4.35. The van der Waals surface area contributed by atoms with Crippen molar-refractivity contribution in [2.75, 3.05) is 25.4 Å². The van der Waals surface area contributed by atoms with E-state index in [2.05, 4.69) is 44.7 Å². The molecule has 0 saturated carbocycles. The topological polar surface area (TPSA) is 38.8 Å². The van der Waals surface area contributed by atoms with E-state index in [4.69, 9.17) is 9.47 Å². The van der Waals surface area contributed by atoms with Crippen LogP contribution in [0.15, 0.2) is 17.0 Å². The van der Waals surface area contributed by atoms with Gasteiger partial charge in [0, 0.05) is 17.1 Å². The van der Waals surface area contributed by atoms with Gasteiger partial charge in [-0.2, -0.15) is 0 Å². The summed E-state index contributed by atoms with van der Waals surface area (Å²) in [5.74, 6) is 3.27. The summed E-state index contributed by atoms with van der Waals surface area (Å²) in [5, 5.41) is 0. The number of fused-ring (bicyclic) bond motifs is 2. The first-order chi connectivity index (χ1) is 17.4. The van der Waals surface area contributed by atoms with Gasteiger partial charge < -0.3 is 14.4 Å². The lowest BCUT2D eigenvalue weighted by atomic mass is 9.90. The molecule has 0 aliphatic carbocycles. The SMILES string of the molecule is CCCCCC(C)CCc1cc(OC(=O)CCCN2CCCCC2)c2c(c1)OC(C)(C)C1=C2CCS1.Cl. The highest BCUT2D eigenvalue weighted by atomic mass is 35.5. The summed E-state index contributed by atoms with van der Waals surface area (Å²) in [7, 11) is 0. The number of allylic oxidation sites excluding steroid dienone is 1. The fourth-order valence-corrected chi connectivity index (χ4v) is 7.18. The second kappa shape index (κ2) is 14.3. The number of aryl methyl sites for hydroxylation is 1. The maximum absolute atomic E-state index is 13.0. The molecule has 3 aliphatic heterocycles. The minimum atomic E-state index is -0.328. The number of esters is 1. The van der Waals surface area contributed by atoms with E-state index in [1.807, 2.05) is 11.8 Å². The number of hydrogen-bond acceptors (Lipinski definition) is 5. The molecular weight excluding hydrogens is 502 g/mol. The van der Waals surface area contributed by atoms with Gasteiger partial charge in [0.15, 0.2) is 0 Å². The third kappa shape index (κ3) is 8.16. The van der Waals surface area contributed by atoms with Gasteiger partial charge in [0.25, 0.3) is 0 Å². The van der Waals surface area contributed by atoms with Crippen LogP contribution in [0.3, 0.4) is 0 Å². The van der Waals surface area contributed by atoms with Gasteiger partial charge in [0.2, 0.25) is 0 Å². The second-order valence-electron chi connectivity index (χ2n) is 11.6. The zero-order valence-electron chi connectivity index (χ0n) is 23.5. The number of ether oxygens (including phenoxy) is 2. The molecule has 4 nitrogen and oxygen atoms in total. The molecule has 1 fully saturated rings. The molecule has 0 aromatic heterocycles. The molecule has 3 heterocycles. The molecule has 1 unspecified atom stereocenters. The molecule has 37 heavy (non-hydrogen) atoms. The Morgan fingerprint density at radius 2 is 1.92 bits per heavy atom. The van der Waals surface area contributed by atoms with Crippen molar-refractivity contribution in [2.45, 2.75) is 110 Å². The Balaban J connectivity index is 0.00000380.